The van der Waals surface area contributed by atoms with Crippen LogP contribution in [0.1, 0.15) is 16.1 Å². The van der Waals surface area contributed by atoms with Gasteiger partial charge in [-0.05, 0) is 34.1 Å². The zero-order valence-corrected chi connectivity index (χ0v) is 12.0. The molecule has 0 fully saturated rings. The number of carbonyl (C=O) groups is 1. The molecule has 0 aliphatic rings. The molecule has 0 atom stereocenters. The highest BCUT2D eigenvalue weighted by Crippen LogP contribution is 2.38. The van der Waals surface area contributed by atoms with Crippen molar-refractivity contribution in [3.05, 3.63) is 51.2 Å². The SMILES string of the molecule is O=C(Nc1c(Cl)cccc1C(F)(F)F)c1cc(Br)c[nH]1. The first-order valence-electron chi connectivity index (χ1n) is 5.30. The fourth-order valence-electron chi connectivity index (χ4n) is 1.57. The Morgan fingerprint density at radius 3 is 2.60 bits per heavy atom. The average Bonchev–Trinajstić information content (AvgIpc) is 2.77. The molecule has 0 aliphatic carbocycles. The van der Waals surface area contributed by atoms with E-state index in [1.807, 2.05) is 0 Å². The van der Waals surface area contributed by atoms with E-state index in [9.17, 15) is 18.0 Å². The molecule has 1 aromatic carbocycles. The first-order chi connectivity index (χ1) is 9.29. The maximum atomic E-state index is 12.9. The molecule has 1 heterocycles. The summed E-state index contributed by atoms with van der Waals surface area (Å²) in [6, 6.07) is 4.74. The summed E-state index contributed by atoms with van der Waals surface area (Å²) in [5, 5.41) is 1.99. The Morgan fingerprint density at radius 1 is 1.35 bits per heavy atom. The summed E-state index contributed by atoms with van der Waals surface area (Å²) in [6.45, 7) is 0. The molecule has 0 aliphatic heterocycles. The molecule has 0 saturated heterocycles. The normalized spacial score (nSPS) is 11.4. The highest BCUT2D eigenvalue weighted by atomic mass is 79.9. The number of anilines is 1. The van der Waals surface area contributed by atoms with E-state index >= 15 is 0 Å². The maximum absolute atomic E-state index is 12.9. The van der Waals surface area contributed by atoms with Crippen LogP contribution in [0.25, 0.3) is 0 Å². The van der Waals surface area contributed by atoms with Crippen LogP contribution in [-0.2, 0) is 6.18 Å². The summed E-state index contributed by atoms with van der Waals surface area (Å²) in [6.07, 6.45) is -3.12. The smallest absolute Gasteiger partial charge is 0.356 e. The number of alkyl halides is 3. The lowest BCUT2D eigenvalue weighted by molar-refractivity contribution is -0.136. The monoisotopic (exact) mass is 366 g/mol. The zero-order valence-electron chi connectivity index (χ0n) is 9.68. The molecule has 0 radical (unpaired) electrons. The molecular formula is C12H7BrClF3N2O. The predicted molar refractivity (Wildman–Crippen MR) is 72.9 cm³/mol. The van der Waals surface area contributed by atoms with E-state index in [-0.39, 0.29) is 10.7 Å². The van der Waals surface area contributed by atoms with E-state index in [1.54, 1.807) is 0 Å². The van der Waals surface area contributed by atoms with Gasteiger partial charge in [-0.25, -0.2) is 0 Å². The van der Waals surface area contributed by atoms with Gasteiger partial charge in [0.05, 0.1) is 16.3 Å². The van der Waals surface area contributed by atoms with Gasteiger partial charge in [0.2, 0.25) is 0 Å². The van der Waals surface area contributed by atoms with Crippen molar-refractivity contribution in [2.75, 3.05) is 5.32 Å². The summed E-state index contributed by atoms with van der Waals surface area (Å²) >= 11 is 8.87. The Morgan fingerprint density at radius 2 is 2.05 bits per heavy atom. The highest BCUT2D eigenvalue weighted by molar-refractivity contribution is 9.10. The minimum Gasteiger partial charge on any atom is -0.356 e. The van der Waals surface area contributed by atoms with Crippen LogP contribution in [0.3, 0.4) is 0 Å². The average molecular weight is 368 g/mol. The van der Waals surface area contributed by atoms with Crippen molar-refractivity contribution >= 4 is 39.1 Å². The number of nitrogens with one attached hydrogen (secondary N) is 2. The number of para-hydroxylation sites is 1. The number of H-pyrrole nitrogens is 1. The second-order valence-corrected chi connectivity index (χ2v) is 5.17. The van der Waals surface area contributed by atoms with Crippen molar-refractivity contribution in [3.8, 4) is 0 Å². The van der Waals surface area contributed by atoms with Gasteiger partial charge in [0.25, 0.3) is 5.91 Å². The van der Waals surface area contributed by atoms with E-state index in [1.165, 1.54) is 24.4 Å². The predicted octanol–water partition coefficient (Wildman–Crippen LogP) is 4.70. The molecule has 106 valence electrons. The third-order valence-electron chi connectivity index (χ3n) is 2.45. The van der Waals surface area contributed by atoms with Crippen molar-refractivity contribution < 1.29 is 18.0 Å². The van der Waals surface area contributed by atoms with Crippen LogP contribution >= 0.6 is 27.5 Å². The Labute approximate surface area is 125 Å². The van der Waals surface area contributed by atoms with Gasteiger partial charge >= 0.3 is 6.18 Å². The van der Waals surface area contributed by atoms with Crippen LogP contribution in [0.2, 0.25) is 5.02 Å². The molecule has 0 spiro atoms. The van der Waals surface area contributed by atoms with Crippen molar-refractivity contribution in [2.24, 2.45) is 0 Å². The van der Waals surface area contributed by atoms with Crippen LogP contribution in [0.4, 0.5) is 18.9 Å². The first kappa shape index (κ1) is 14.9. The molecule has 3 nitrogen and oxygen atoms in total. The minimum absolute atomic E-state index is 0.116. The van der Waals surface area contributed by atoms with Crippen LogP contribution in [0.5, 0.6) is 0 Å². The minimum atomic E-state index is -4.61. The molecule has 8 heteroatoms. The van der Waals surface area contributed by atoms with Gasteiger partial charge in [0.15, 0.2) is 0 Å². The van der Waals surface area contributed by atoms with Gasteiger partial charge in [-0.3, -0.25) is 4.79 Å². The number of aromatic nitrogens is 1. The molecule has 0 unspecified atom stereocenters. The third kappa shape index (κ3) is 3.16. The third-order valence-corrected chi connectivity index (χ3v) is 3.22. The van der Waals surface area contributed by atoms with E-state index in [0.29, 0.717) is 4.47 Å². The Hall–Kier alpha value is -1.47. The van der Waals surface area contributed by atoms with E-state index < -0.39 is 23.3 Å². The topological polar surface area (TPSA) is 44.9 Å². The summed E-state index contributed by atoms with van der Waals surface area (Å²) in [5.74, 6) is -0.714. The highest BCUT2D eigenvalue weighted by Gasteiger charge is 2.34. The number of halogens is 5. The number of hydrogen-bond acceptors (Lipinski definition) is 1. The summed E-state index contributed by atoms with van der Waals surface area (Å²) in [7, 11) is 0. The lowest BCUT2D eigenvalue weighted by Gasteiger charge is -2.14. The maximum Gasteiger partial charge on any atom is 0.418 e. The summed E-state index contributed by atoms with van der Waals surface area (Å²) < 4.78 is 39.2. The quantitative estimate of drug-likeness (QED) is 0.794. The fraction of sp³-hybridized carbons (Fsp3) is 0.0833. The summed E-state index contributed by atoms with van der Waals surface area (Å²) in [4.78, 5) is 14.5. The van der Waals surface area contributed by atoms with Gasteiger partial charge < -0.3 is 10.3 Å². The molecule has 2 rings (SSSR count). The lowest BCUT2D eigenvalue weighted by Crippen LogP contribution is -2.17. The second-order valence-electron chi connectivity index (χ2n) is 3.85. The van der Waals surface area contributed by atoms with E-state index in [0.717, 1.165) is 6.07 Å². The fourth-order valence-corrected chi connectivity index (χ4v) is 2.13. The molecular weight excluding hydrogens is 360 g/mol. The standard InChI is InChI=1S/C12H7BrClF3N2O/c13-6-4-9(18-5-6)11(20)19-10-7(12(15,16)17)2-1-3-8(10)14/h1-5,18H,(H,19,20). The number of hydrogen-bond donors (Lipinski definition) is 2. The largest absolute Gasteiger partial charge is 0.418 e. The van der Waals surface area contributed by atoms with E-state index in [2.05, 4.69) is 26.2 Å². The van der Waals surface area contributed by atoms with Crippen LogP contribution < -0.4 is 5.32 Å². The number of benzene rings is 1. The Bertz CT molecular complexity index is 654. The van der Waals surface area contributed by atoms with Crippen LogP contribution in [-0.4, -0.2) is 10.9 Å². The van der Waals surface area contributed by atoms with Crippen molar-refractivity contribution in [1.29, 1.82) is 0 Å². The molecule has 20 heavy (non-hydrogen) atoms. The molecule has 1 amide bonds. The molecule has 1 aromatic heterocycles. The molecule has 2 aromatic rings. The van der Waals surface area contributed by atoms with Crippen LogP contribution in [0.15, 0.2) is 34.9 Å². The summed E-state index contributed by atoms with van der Waals surface area (Å²) in [5.41, 5.74) is -1.34. The number of amides is 1. The van der Waals surface area contributed by atoms with E-state index in [4.69, 9.17) is 11.6 Å². The van der Waals surface area contributed by atoms with Gasteiger partial charge in [-0.15, -0.1) is 0 Å². The van der Waals surface area contributed by atoms with Gasteiger partial charge in [-0.1, -0.05) is 17.7 Å². The second kappa shape index (κ2) is 5.49. The Kier molecular flexibility index (Phi) is 4.10. The number of carbonyl (C=O) groups excluding carboxylic acids is 1. The molecule has 2 N–H and O–H groups in total. The van der Waals surface area contributed by atoms with Gasteiger partial charge in [-0.2, -0.15) is 13.2 Å². The Balaban J connectivity index is 2.36. The van der Waals surface area contributed by atoms with Crippen molar-refractivity contribution in [2.45, 2.75) is 6.18 Å². The first-order valence-corrected chi connectivity index (χ1v) is 6.47. The number of rotatable bonds is 2. The van der Waals surface area contributed by atoms with Gasteiger partial charge in [0.1, 0.15) is 5.69 Å². The molecule has 0 saturated carbocycles. The molecule has 0 bridgehead atoms. The number of aromatic amines is 1. The zero-order chi connectivity index (χ0) is 14.9. The lowest BCUT2D eigenvalue weighted by atomic mass is 10.1. The van der Waals surface area contributed by atoms with Gasteiger partial charge in [0, 0.05) is 10.7 Å². The van der Waals surface area contributed by atoms with Crippen molar-refractivity contribution in [1.82, 2.24) is 4.98 Å². The van der Waals surface area contributed by atoms with Crippen molar-refractivity contribution in [3.63, 3.8) is 0 Å². The van der Waals surface area contributed by atoms with Crippen LogP contribution in [0, 0.1) is 0 Å².